The summed E-state index contributed by atoms with van der Waals surface area (Å²) in [6, 6.07) is 17.1. The maximum Gasteiger partial charge on any atom is 0.416 e. The zero-order valence-corrected chi connectivity index (χ0v) is 19.0. The Bertz CT molecular complexity index is 1150. The number of nitrogens with zero attached hydrogens (tertiary/aromatic N) is 1. The largest absolute Gasteiger partial charge is 0.490 e. The van der Waals surface area contributed by atoms with E-state index in [1.807, 2.05) is 19.1 Å². The van der Waals surface area contributed by atoms with Crippen LogP contribution in [0.3, 0.4) is 0 Å². The lowest BCUT2D eigenvalue weighted by Crippen LogP contribution is -2.20. The Labute approximate surface area is 200 Å². The fourth-order valence-corrected chi connectivity index (χ4v) is 3.12. The minimum absolute atomic E-state index is 0.233. The monoisotopic (exact) mass is 490 g/mol. The third-order valence-electron chi connectivity index (χ3n) is 4.60. The zero-order chi connectivity index (χ0) is 24.6. The average Bonchev–Trinajstić information content (AvgIpc) is 2.79. The van der Waals surface area contributed by atoms with Gasteiger partial charge in [-0.2, -0.15) is 18.3 Å². The van der Waals surface area contributed by atoms with E-state index in [0.29, 0.717) is 35.3 Å². The van der Waals surface area contributed by atoms with E-state index in [-0.39, 0.29) is 12.0 Å². The van der Waals surface area contributed by atoms with E-state index in [4.69, 9.17) is 21.1 Å². The standard InChI is InChI=1S/C25H22ClF3N2O3/c1-2-33-23-13-19(8-11-22(23)34-16-17-6-9-21(26)10-7-17)15-30-31-24(32)14-18-4-3-5-20(12-18)25(27,28)29/h3-13,15H,2,14,16H2,1H3,(H,31,32)/b30-15-. The highest BCUT2D eigenvalue weighted by molar-refractivity contribution is 6.30. The third kappa shape index (κ3) is 7.52. The summed E-state index contributed by atoms with van der Waals surface area (Å²) in [6.07, 6.45) is -3.29. The molecule has 0 aromatic heterocycles. The fraction of sp³-hybridized carbons (Fsp3) is 0.200. The lowest BCUT2D eigenvalue weighted by atomic mass is 10.1. The van der Waals surface area contributed by atoms with Crippen LogP contribution in [0.15, 0.2) is 71.8 Å². The van der Waals surface area contributed by atoms with Crippen molar-refractivity contribution in [1.29, 1.82) is 0 Å². The Balaban J connectivity index is 1.60. The number of hydrogen-bond acceptors (Lipinski definition) is 4. The minimum Gasteiger partial charge on any atom is -0.490 e. The van der Waals surface area contributed by atoms with Crippen LogP contribution in [0.5, 0.6) is 11.5 Å². The minimum atomic E-state index is -4.46. The SMILES string of the molecule is CCOc1cc(/C=N\NC(=O)Cc2cccc(C(F)(F)F)c2)ccc1OCc1ccc(Cl)cc1. The fourth-order valence-electron chi connectivity index (χ4n) is 3.00. The van der Waals surface area contributed by atoms with Crippen LogP contribution in [-0.2, 0) is 24.0 Å². The van der Waals surface area contributed by atoms with Gasteiger partial charge in [0, 0.05) is 5.02 Å². The number of hydrazone groups is 1. The van der Waals surface area contributed by atoms with Crippen LogP contribution in [0, 0.1) is 0 Å². The number of carbonyl (C=O) groups excluding carboxylic acids is 1. The van der Waals surface area contributed by atoms with Crippen LogP contribution in [-0.4, -0.2) is 18.7 Å². The lowest BCUT2D eigenvalue weighted by molar-refractivity contribution is -0.137. The maximum atomic E-state index is 12.8. The van der Waals surface area contributed by atoms with E-state index in [9.17, 15) is 18.0 Å². The lowest BCUT2D eigenvalue weighted by Gasteiger charge is -2.12. The van der Waals surface area contributed by atoms with Gasteiger partial charge < -0.3 is 9.47 Å². The molecule has 9 heteroatoms. The molecule has 0 saturated carbocycles. The summed E-state index contributed by atoms with van der Waals surface area (Å²) in [6.45, 7) is 2.60. The zero-order valence-electron chi connectivity index (χ0n) is 18.2. The molecule has 0 bridgehead atoms. The second-order valence-corrected chi connectivity index (χ2v) is 7.66. The first kappa shape index (κ1) is 25.1. The van der Waals surface area contributed by atoms with Gasteiger partial charge in [-0.1, -0.05) is 41.9 Å². The smallest absolute Gasteiger partial charge is 0.416 e. The summed E-state index contributed by atoms with van der Waals surface area (Å²) >= 11 is 5.90. The predicted molar refractivity (Wildman–Crippen MR) is 124 cm³/mol. The van der Waals surface area contributed by atoms with Crippen molar-refractivity contribution in [1.82, 2.24) is 5.43 Å². The van der Waals surface area contributed by atoms with E-state index in [1.165, 1.54) is 18.3 Å². The van der Waals surface area contributed by atoms with Gasteiger partial charge in [-0.15, -0.1) is 0 Å². The summed E-state index contributed by atoms with van der Waals surface area (Å²) in [5.41, 5.74) is 3.34. The first-order valence-electron chi connectivity index (χ1n) is 10.4. The van der Waals surface area contributed by atoms with Crippen molar-refractivity contribution in [2.75, 3.05) is 6.61 Å². The molecule has 0 aliphatic rings. The van der Waals surface area contributed by atoms with Gasteiger partial charge in [0.15, 0.2) is 11.5 Å². The molecule has 34 heavy (non-hydrogen) atoms. The Morgan fingerprint density at radius 2 is 1.76 bits per heavy atom. The van der Waals surface area contributed by atoms with Crippen LogP contribution < -0.4 is 14.9 Å². The summed E-state index contributed by atoms with van der Waals surface area (Å²) in [4.78, 5) is 12.1. The van der Waals surface area contributed by atoms with Crippen LogP contribution in [0.4, 0.5) is 13.2 Å². The Morgan fingerprint density at radius 1 is 1.00 bits per heavy atom. The van der Waals surface area contributed by atoms with Crippen molar-refractivity contribution in [2.45, 2.75) is 26.1 Å². The molecule has 0 unspecified atom stereocenters. The van der Waals surface area contributed by atoms with E-state index in [0.717, 1.165) is 17.7 Å². The van der Waals surface area contributed by atoms with Crippen LogP contribution >= 0.6 is 11.6 Å². The molecule has 5 nitrogen and oxygen atoms in total. The van der Waals surface area contributed by atoms with Gasteiger partial charge in [0.1, 0.15) is 6.61 Å². The average molecular weight is 491 g/mol. The number of nitrogens with one attached hydrogen (secondary N) is 1. The first-order valence-corrected chi connectivity index (χ1v) is 10.7. The Morgan fingerprint density at radius 3 is 2.47 bits per heavy atom. The molecule has 0 spiro atoms. The highest BCUT2D eigenvalue weighted by atomic mass is 35.5. The van der Waals surface area contributed by atoms with Gasteiger partial charge in [-0.3, -0.25) is 4.79 Å². The molecular weight excluding hydrogens is 469 g/mol. The number of ether oxygens (including phenoxy) is 2. The molecule has 0 atom stereocenters. The summed E-state index contributed by atoms with van der Waals surface area (Å²) in [5, 5.41) is 4.53. The van der Waals surface area contributed by atoms with Gasteiger partial charge in [0.25, 0.3) is 0 Å². The van der Waals surface area contributed by atoms with Gasteiger partial charge in [-0.05, 0) is 60.0 Å². The molecule has 0 radical (unpaired) electrons. The van der Waals surface area contributed by atoms with E-state index < -0.39 is 17.6 Å². The highest BCUT2D eigenvalue weighted by Gasteiger charge is 2.30. The molecule has 3 aromatic rings. The quantitative estimate of drug-likeness (QED) is 0.294. The van der Waals surface area contributed by atoms with E-state index in [2.05, 4.69) is 10.5 Å². The topological polar surface area (TPSA) is 59.9 Å². The molecule has 0 aliphatic carbocycles. The number of halogens is 4. The Kier molecular flexibility index (Phi) is 8.54. The van der Waals surface area contributed by atoms with E-state index >= 15 is 0 Å². The van der Waals surface area contributed by atoms with Crippen molar-refractivity contribution in [3.05, 3.63) is 94.0 Å². The first-order chi connectivity index (χ1) is 16.2. The van der Waals surface area contributed by atoms with Crippen LogP contribution in [0.25, 0.3) is 0 Å². The van der Waals surface area contributed by atoms with Gasteiger partial charge >= 0.3 is 6.18 Å². The van der Waals surface area contributed by atoms with Gasteiger partial charge in [0.2, 0.25) is 5.91 Å². The molecule has 0 fully saturated rings. The molecule has 0 heterocycles. The number of rotatable bonds is 9. The molecular formula is C25H22ClF3N2O3. The van der Waals surface area contributed by atoms with Crippen molar-refractivity contribution >= 4 is 23.7 Å². The van der Waals surface area contributed by atoms with Crippen molar-refractivity contribution in [3.8, 4) is 11.5 Å². The third-order valence-corrected chi connectivity index (χ3v) is 4.85. The van der Waals surface area contributed by atoms with Gasteiger partial charge in [0.05, 0.1) is 24.8 Å². The number of benzene rings is 3. The number of hydrogen-bond donors (Lipinski definition) is 1. The molecule has 3 rings (SSSR count). The summed E-state index contributed by atoms with van der Waals surface area (Å²) in [5.74, 6) is 0.516. The number of alkyl halides is 3. The van der Waals surface area contributed by atoms with Crippen molar-refractivity contribution < 1.29 is 27.4 Å². The van der Waals surface area contributed by atoms with Crippen molar-refractivity contribution in [2.24, 2.45) is 5.10 Å². The Hall–Kier alpha value is -3.52. The second kappa shape index (κ2) is 11.6. The molecule has 1 N–H and O–H groups in total. The number of amides is 1. The summed E-state index contributed by atoms with van der Waals surface area (Å²) < 4.78 is 49.9. The van der Waals surface area contributed by atoms with Crippen LogP contribution in [0.2, 0.25) is 5.02 Å². The molecule has 1 amide bonds. The normalized spacial score (nSPS) is 11.4. The predicted octanol–water partition coefficient (Wildman–Crippen LogP) is 6.03. The second-order valence-electron chi connectivity index (χ2n) is 7.22. The maximum absolute atomic E-state index is 12.8. The molecule has 3 aromatic carbocycles. The summed E-state index contributed by atoms with van der Waals surface area (Å²) in [7, 11) is 0. The molecule has 178 valence electrons. The van der Waals surface area contributed by atoms with Gasteiger partial charge in [-0.25, -0.2) is 5.43 Å². The van der Waals surface area contributed by atoms with Crippen molar-refractivity contribution in [3.63, 3.8) is 0 Å². The molecule has 0 aliphatic heterocycles. The number of carbonyl (C=O) groups is 1. The highest BCUT2D eigenvalue weighted by Crippen LogP contribution is 2.30. The van der Waals surface area contributed by atoms with Crippen LogP contribution in [0.1, 0.15) is 29.2 Å². The molecule has 0 saturated heterocycles. The van der Waals surface area contributed by atoms with E-state index in [1.54, 1.807) is 30.3 Å².